The summed E-state index contributed by atoms with van der Waals surface area (Å²) in [6, 6.07) is 1.50. The number of halogens is 2. The molecule has 3 aromatic heterocycles. The molecule has 0 bridgehead atoms. The lowest BCUT2D eigenvalue weighted by atomic mass is 10.1. The van der Waals surface area contributed by atoms with Gasteiger partial charge in [0.25, 0.3) is 0 Å². The molecule has 0 aliphatic carbocycles. The second kappa shape index (κ2) is 8.44. The van der Waals surface area contributed by atoms with E-state index in [1.165, 1.54) is 10.5 Å². The summed E-state index contributed by atoms with van der Waals surface area (Å²) < 4.78 is 40.7. The standard InChI is InChI=1S/C19H22ClFN6O2S/c1-2-30(28,29)27-6-4-3-5-13(27)9-23-19-16(21)11-25-18(26-19)15-10-24-17-14(15)7-12(20)8-22-17/h7-8,10-11,13H,2-6,9H2,1H3,(H,22,24)(H,23,25,26)/t13-/m1/s1. The molecule has 0 amide bonds. The van der Waals surface area contributed by atoms with Crippen LogP contribution in [0.1, 0.15) is 26.2 Å². The van der Waals surface area contributed by atoms with E-state index in [-0.39, 0.29) is 24.2 Å². The summed E-state index contributed by atoms with van der Waals surface area (Å²) in [4.78, 5) is 15.7. The molecule has 1 fully saturated rings. The number of H-pyrrole nitrogens is 1. The van der Waals surface area contributed by atoms with Gasteiger partial charge in [0, 0.05) is 42.5 Å². The smallest absolute Gasteiger partial charge is 0.214 e. The highest BCUT2D eigenvalue weighted by Gasteiger charge is 2.31. The zero-order chi connectivity index (χ0) is 21.3. The molecule has 2 N–H and O–H groups in total. The molecule has 0 aromatic carbocycles. The Labute approximate surface area is 178 Å². The van der Waals surface area contributed by atoms with Crippen molar-refractivity contribution in [2.75, 3.05) is 24.2 Å². The molecule has 8 nitrogen and oxygen atoms in total. The van der Waals surface area contributed by atoms with E-state index in [1.54, 1.807) is 19.2 Å². The van der Waals surface area contributed by atoms with Crippen molar-refractivity contribution >= 4 is 38.5 Å². The zero-order valence-electron chi connectivity index (χ0n) is 16.4. The van der Waals surface area contributed by atoms with Gasteiger partial charge >= 0.3 is 0 Å². The molecule has 0 unspecified atom stereocenters. The third-order valence-electron chi connectivity index (χ3n) is 5.28. The third kappa shape index (κ3) is 4.12. The Morgan fingerprint density at radius 2 is 2.17 bits per heavy atom. The molecule has 4 heterocycles. The fraction of sp³-hybridized carbons (Fsp3) is 0.421. The molecule has 0 spiro atoms. The monoisotopic (exact) mass is 452 g/mol. The molecule has 1 aliphatic rings. The van der Waals surface area contributed by atoms with Crippen molar-refractivity contribution in [3.05, 3.63) is 35.5 Å². The molecule has 1 atom stereocenters. The quantitative estimate of drug-likeness (QED) is 0.593. The number of pyridine rings is 1. The van der Waals surface area contributed by atoms with Crippen molar-refractivity contribution < 1.29 is 12.8 Å². The number of aromatic amines is 1. The van der Waals surface area contributed by atoms with E-state index >= 15 is 0 Å². The summed E-state index contributed by atoms with van der Waals surface area (Å²) in [5.74, 6) is -0.206. The molecule has 11 heteroatoms. The first kappa shape index (κ1) is 21.0. The first-order chi connectivity index (χ1) is 14.4. The Hall–Kier alpha value is -2.30. The number of nitrogens with zero attached hydrogens (tertiary/aromatic N) is 4. The molecule has 30 heavy (non-hydrogen) atoms. The predicted molar refractivity (Wildman–Crippen MR) is 114 cm³/mol. The van der Waals surface area contributed by atoms with Crippen LogP contribution in [-0.4, -0.2) is 57.5 Å². The lowest BCUT2D eigenvalue weighted by molar-refractivity contribution is 0.262. The minimum Gasteiger partial charge on any atom is -0.366 e. The summed E-state index contributed by atoms with van der Waals surface area (Å²) in [5.41, 5.74) is 1.27. The van der Waals surface area contributed by atoms with E-state index in [2.05, 4.69) is 25.3 Å². The van der Waals surface area contributed by atoms with Crippen LogP contribution < -0.4 is 5.32 Å². The number of aromatic nitrogens is 4. The van der Waals surface area contributed by atoms with E-state index in [1.807, 2.05) is 0 Å². The minimum atomic E-state index is -3.31. The van der Waals surface area contributed by atoms with E-state index in [4.69, 9.17) is 11.6 Å². The summed E-state index contributed by atoms with van der Waals surface area (Å²) in [7, 11) is -3.31. The Balaban J connectivity index is 1.58. The maximum Gasteiger partial charge on any atom is 0.214 e. The largest absolute Gasteiger partial charge is 0.366 e. The van der Waals surface area contributed by atoms with E-state index in [0.29, 0.717) is 28.6 Å². The van der Waals surface area contributed by atoms with Gasteiger partial charge in [0.05, 0.1) is 17.0 Å². The van der Waals surface area contributed by atoms with Crippen LogP contribution in [0.5, 0.6) is 0 Å². The number of anilines is 1. The van der Waals surface area contributed by atoms with Crippen LogP contribution in [0.3, 0.4) is 0 Å². The van der Waals surface area contributed by atoms with Crippen LogP contribution in [0.2, 0.25) is 5.02 Å². The normalized spacial score (nSPS) is 18.0. The number of hydrogen-bond donors (Lipinski definition) is 2. The number of piperidine rings is 1. The SMILES string of the molecule is CCS(=O)(=O)N1CCCC[C@@H]1CNc1nc(-c2c[nH]c3ncc(Cl)cc23)ncc1F. The van der Waals surface area contributed by atoms with E-state index in [0.717, 1.165) is 30.8 Å². The fourth-order valence-electron chi connectivity index (χ4n) is 3.71. The second-order valence-electron chi connectivity index (χ2n) is 7.18. The van der Waals surface area contributed by atoms with Gasteiger partial charge in [-0.2, -0.15) is 4.31 Å². The molecule has 0 saturated carbocycles. The number of nitrogens with one attached hydrogen (secondary N) is 2. The van der Waals surface area contributed by atoms with Crippen molar-refractivity contribution in [1.29, 1.82) is 0 Å². The summed E-state index contributed by atoms with van der Waals surface area (Å²) in [5, 5.41) is 4.19. The molecular formula is C19H22ClFN6O2S. The highest BCUT2D eigenvalue weighted by atomic mass is 35.5. The maximum absolute atomic E-state index is 14.4. The van der Waals surface area contributed by atoms with Crippen molar-refractivity contribution in [1.82, 2.24) is 24.2 Å². The minimum absolute atomic E-state index is 0.0313. The van der Waals surface area contributed by atoms with Crippen molar-refractivity contribution in [2.24, 2.45) is 0 Å². The number of rotatable bonds is 6. The average Bonchev–Trinajstić information content (AvgIpc) is 3.16. The maximum atomic E-state index is 14.4. The van der Waals surface area contributed by atoms with Crippen molar-refractivity contribution in [2.45, 2.75) is 32.2 Å². The first-order valence-electron chi connectivity index (χ1n) is 9.78. The number of hydrogen-bond acceptors (Lipinski definition) is 6. The topological polar surface area (TPSA) is 104 Å². The van der Waals surface area contributed by atoms with Gasteiger partial charge in [-0.3, -0.25) is 0 Å². The van der Waals surface area contributed by atoms with Crippen LogP contribution in [0.15, 0.2) is 24.7 Å². The lowest BCUT2D eigenvalue weighted by Gasteiger charge is -2.34. The van der Waals surface area contributed by atoms with Gasteiger partial charge in [-0.05, 0) is 25.8 Å². The first-order valence-corrected chi connectivity index (χ1v) is 11.8. The Bertz CT molecular complexity index is 1170. The van der Waals surface area contributed by atoms with Crippen molar-refractivity contribution in [3.8, 4) is 11.4 Å². The molecule has 4 rings (SSSR count). The number of fused-ring (bicyclic) bond motifs is 1. The Kier molecular flexibility index (Phi) is 5.90. The van der Waals surface area contributed by atoms with Crippen LogP contribution in [-0.2, 0) is 10.0 Å². The Morgan fingerprint density at radius 1 is 1.33 bits per heavy atom. The fourth-order valence-corrected chi connectivity index (χ4v) is 5.24. The van der Waals surface area contributed by atoms with Gasteiger partial charge in [-0.15, -0.1) is 0 Å². The van der Waals surface area contributed by atoms with Gasteiger partial charge in [0.1, 0.15) is 5.65 Å². The highest BCUT2D eigenvalue weighted by Crippen LogP contribution is 2.28. The third-order valence-corrected chi connectivity index (χ3v) is 7.41. The van der Waals surface area contributed by atoms with Crippen molar-refractivity contribution in [3.63, 3.8) is 0 Å². The average molecular weight is 453 g/mol. The zero-order valence-corrected chi connectivity index (χ0v) is 18.0. The van der Waals surface area contributed by atoms with Gasteiger partial charge in [-0.1, -0.05) is 18.0 Å². The van der Waals surface area contributed by atoms with Crippen LogP contribution in [0.4, 0.5) is 10.2 Å². The Morgan fingerprint density at radius 3 is 2.97 bits per heavy atom. The molecular weight excluding hydrogens is 431 g/mol. The van der Waals surface area contributed by atoms with Gasteiger partial charge in [0.15, 0.2) is 17.5 Å². The van der Waals surface area contributed by atoms with E-state index in [9.17, 15) is 12.8 Å². The van der Waals surface area contributed by atoms with Crippen LogP contribution in [0.25, 0.3) is 22.4 Å². The highest BCUT2D eigenvalue weighted by molar-refractivity contribution is 7.89. The lowest BCUT2D eigenvalue weighted by Crippen LogP contribution is -2.47. The van der Waals surface area contributed by atoms with Gasteiger partial charge in [0.2, 0.25) is 10.0 Å². The van der Waals surface area contributed by atoms with Crippen LogP contribution >= 0.6 is 11.6 Å². The van der Waals surface area contributed by atoms with E-state index < -0.39 is 15.8 Å². The summed E-state index contributed by atoms with van der Waals surface area (Å²) in [6.07, 6.45) is 6.81. The van der Waals surface area contributed by atoms with Gasteiger partial charge in [-0.25, -0.2) is 27.8 Å². The summed E-state index contributed by atoms with van der Waals surface area (Å²) in [6.45, 7) is 2.39. The molecule has 0 radical (unpaired) electrons. The molecule has 1 saturated heterocycles. The molecule has 3 aromatic rings. The second-order valence-corrected chi connectivity index (χ2v) is 9.83. The number of sulfonamides is 1. The summed E-state index contributed by atoms with van der Waals surface area (Å²) >= 11 is 6.05. The van der Waals surface area contributed by atoms with Gasteiger partial charge < -0.3 is 10.3 Å². The predicted octanol–water partition coefficient (Wildman–Crippen LogP) is 3.43. The molecule has 160 valence electrons. The molecule has 1 aliphatic heterocycles. The van der Waals surface area contributed by atoms with Crippen LogP contribution in [0, 0.1) is 5.82 Å².